The summed E-state index contributed by atoms with van der Waals surface area (Å²) >= 11 is 0. The number of aromatic nitrogens is 1. The minimum atomic E-state index is -3.83. The van der Waals surface area contributed by atoms with Crippen molar-refractivity contribution in [3.8, 4) is 0 Å². The molecule has 0 spiro atoms. The Morgan fingerprint density at radius 2 is 1.77 bits per heavy atom. The molecule has 7 N–H and O–H groups in total. The highest BCUT2D eigenvalue weighted by molar-refractivity contribution is 7.91. The number of aryl methyl sites for hydroxylation is 1. The van der Waals surface area contributed by atoms with Gasteiger partial charge in [0.05, 0.1) is 12.2 Å². The molecule has 1 heterocycles. The van der Waals surface area contributed by atoms with E-state index < -0.39 is 27.4 Å². The fourth-order valence-corrected chi connectivity index (χ4v) is 3.87. The summed E-state index contributed by atoms with van der Waals surface area (Å²) in [5.41, 5.74) is 10.5. The lowest BCUT2D eigenvalue weighted by atomic mass is 10.2. The second-order valence-electron chi connectivity index (χ2n) is 6.73. The highest BCUT2D eigenvalue weighted by Crippen LogP contribution is 2.10. The molecule has 1 aromatic heterocycles. The van der Waals surface area contributed by atoms with Gasteiger partial charge in [0.25, 0.3) is 11.5 Å². The molecule has 2 amide bonds. The molecular weight excluding hydrogens is 424 g/mol. The van der Waals surface area contributed by atoms with Crippen LogP contribution in [0.5, 0.6) is 0 Å². The Kier molecular flexibility index (Phi) is 7.91. The van der Waals surface area contributed by atoms with Gasteiger partial charge in [-0.3, -0.25) is 30.6 Å². The Balaban J connectivity index is 2.06. The number of nitrogens with two attached hydrogens (primary N) is 2. The highest BCUT2D eigenvalue weighted by Gasteiger charge is 2.16. The van der Waals surface area contributed by atoms with Crippen LogP contribution in [0.15, 0.2) is 47.3 Å². The first-order valence-corrected chi connectivity index (χ1v) is 10.9. The van der Waals surface area contributed by atoms with Gasteiger partial charge < -0.3 is 9.88 Å². The minimum absolute atomic E-state index is 0.00907. The van der Waals surface area contributed by atoms with E-state index in [1.807, 2.05) is 0 Å². The smallest absolute Gasteiger partial charge is 0.346 e. The van der Waals surface area contributed by atoms with E-state index in [2.05, 4.69) is 15.0 Å². The number of pyridine rings is 1. The van der Waals surface area contributed by atoms with Gasteiger partial charge in [-0.25, -0.2) is 13.4 Å². The van der Waals surface area contributed by atoms with Crippen molar-refractivity contribution < 1.29 is 23.0 Å². The van der Waals surface area contributed by atoms with E-state index in [0.29, 0.717) is 11.3 Å². The molecule has 0 aliphatic carbocycles. The van der Waals surface area contributed by atoms with Gasteiger partial charge in [0, 0.05) is 12.2 Å². The molecular formula is C19H25N6O5S+. The number of hydrogen-bond acceptors (Lipinski definition) is 5. The lowest BCUT2D eigenvalue weighted by Gasteiger charge is -2.13. The van der Waals surface area contributed by atoms with Gasteiger partial charge in [-0.05, 0) is 24.6 Å². The molecule has 0 aliphatic rings. The number of anilines is 1. The maximum absolute atomic E-state index is 12.7. The fourth-order valence-electron chi connectivity index (χ4n) is 2.68. The van der Waals surface area contributed by atoms with Crippen LogP contribution in [0.2, 0.25) is 0 Å². The van der Waals surface area contributed by atoms with Crippen molar-refractivity contribution in [1.29, 1.82) is 0 Å². The predicted molar refractivity (Wildman–Crippen MR) is 115 cm³/mol. The zero-order valence-corrected chi connectivity index (χ0v) is 17.7. The van der Waals surface area contributed by atoms with Crippen LogP contribution in [0.1, 0.15) is 17.7 Å². The topological polar surface area (TPSA) is 180 Å². The van der Waals surface area contributed by atoms with Crippen molar-refractivity contribution in [2.75, 3.05) is 11.3 Å². The fraction of sp³-hybridized carbons (Fsp3) is 0.263. The number of carbonyl (C=O) groups is 2. The second-order valence-corrected chi connectivity index (χ2v) is 8.45. The van der Waals surface area contributed by atoms with Crippen LogP contribution >= 0.6 is 0 Å². The van der Waals surface area contributed by atoms with Crippen LogP contribution < -0.4 is 32.1 Å². The van der Waals surface area contributed by atoms with Crippen molar-refractivity contribution in [2.24, 2.45) is 11.5 Å². The van der Waals surface area contributed by atoms with E-state index in [0.717, 1.165) is 4.57 Å². The van der Waals surface area contributed by atoms with E-state index in [-0.39, 0.29) is 36.9 Å². The van der Waals surface area contributed by atoms with Gasteiger partial charge in [0.2, 0.25) is 15.9 Å². The van der Waals surface area contributed by atoms with E-state index >= 15 is 0 Å². The van der Waals surface area contributed by atoms with Crippen molar-refractivity contribution >= 4 is 33.5 Å². The van der Waals surface area contributed by atoms with E-state index in [4.69, 9.17) is 11.5 Å². The van der Waals surface area contributed by atoms with Crippen LogP contribution in [0.4, 0.5) is 5.69 Å². The maximum Gasteiger partial charge on any atom is 0.346 e. The molecule has 0 unspecified atom stereocenters. The zero-order valence-electron chi connectivity index (χ0n) is 16.9. The molecule has 0 saturated carbocycles. The number of rotatable bonds is 9. The normalized spacial score (nSPS) is 10.9. The monoisotopic (exact) mass is 449 g/mol. The Bertz CT molecular complexity index is 1140. The summed E-state index contributed by atoms with van der Waals surface area (Å²) in [6.45, 7) is 1.28. The van der Waals surface area contributed by atoms with Crippen LogP contribution in [-0.4, -0.2) is 37.3 Å². The Hall–Kier alpha value is -3.67. The molecule has 0 radical (unpaired) electrons. The molecule has 1 aromatic carbocycles. The first-order chi connectivity index (χ1) is 14.6. The molecule has 11 nitrogen and oxygen atoms in total. The summed E-state index contributed by atoms with van der Waals surface area (Å²) < 4.78 is 28.3. The van der Waals surface area contributed by atoms with Gasteiger partial charge in [0.15, 0.2) is 0 Å². The van der Waals surface area contributed by atoms with Crippen molar-refractivity contribution in [3.63, 3.8) is 0 Å². The average molecular weight is 450 g/mol. The quantitative estimate of drug-likeness (QED) is 0.207. The number of nitrogens with zero attached hydrogens (tertiary/aromatic N) is 1. The lowest BCUT2D eigenvalue weighted by Crippen LogP contribution is -2.81. The Morgan fingerprint density at radius 3 is 2.42 bits per heavy atom. The zero-order chi connectivity index (χ0) is 23.0. The molecule has 0 atom stereocenters. The molecule has 31 heavy (non-hydrogen) atoms. The van der Waals surface area contributed by atoms with E-state index in [1.165, 1.54) is 12.1 Å². The van der Waals surface area contributed by atoms with Gasteiger partial charge >= 0.3 is 5.96 Å². The van der Waals surface area contributed by atoms with Gasteiger partial charge in [0.1, 0.15) is 12.2 Å². The summed E-state index contributed by atoms with van der Waals surface area (Å²) in [4.78, 5) is 38.5. The van der Waals surface area contributed by atoms with Crippen molar-refractivity contribution in [1.82, 2.24) is 9.88 Å². The Labute approximate surface area is 179 Å². The Morgan fingerprint density at radius 1 is 1.10 bits per heavy atom. The summed E-state index contributed by atoms with van der Waals surface area (Å²) in [5.74, 6) is -1.53. The number of guanidine groups is 1. The molecule has 0 saturated heterocycles. The maximum atomic E-state index is 12.7. The third-order valence-corrected chi connectivity index (χ3v) is 5.36. The number of hydrogen-bond donors (Lipinski definition) is 5. The third-order valence-electron chi connectivity index (χ3n) is 4.12. The number of nitrogens with one attached hydrogen (secondary N) is 3. The molecule has 0 aliphatic heterocycles. The van der Waals surface area contributed by atoms with Gasteiger partial charge in [-0.1, -0.05) is 30.3 Å². The molecule has 0 fully saturated rings. The summed E-state index contributed by atoms with van der Waals surface area (Å²) in [6.07, 6.45) is -0.0587. The molecule has 0 bridgehead atoms. The number of amides is 2. The number of carbonyl (C=O) groups excluding carboxylic acids is 2. The largest absolute Gasteiger partial charge is 0.354 e. The molecule has 2 rings (SSSR count). The standard InChI is InChI=1S/C19H24N6O5S/c1-13-7-8-15(24-31(29,30)12-14-5-3-2-4-6-14)18(28)25(13)11-17(27)22-10-9-16(26)23-19(20)21/h2-8,24H,9-12H2,1H3,(H,22,27)(H4,20,21,23,26)/p+1. The minimum Gasteiger partial charge on any atom is -0.354 e. The second kappa shape index (κ2) is 10.4. The van der Waals surface area contributed by atoms with E-state index in [9.17, 15) is 22.8 Å². The van der Waals surface area contributed by atoms with Gasteiger partial charge in [-0.2, -0.15) is 0 Å². The van der Waals surface area contributed by atoms with Crippen LogP contribution in [0.3, 0.4) is 0 Å². The number of benzene rings is 1. The predicted octanol–water partition coefficient (Wildman–Crippen LogP) is -2.51. The first-order valence-electron chi connectivity index (χ1n) is 9.26. The van der Waals surface area contributed by atoms with Gasteiger partial charge in [-0.15, -0.1) is 0 Å². The van der Waals surface area contributed by atoms with E-state index in [1.54, 1.807) is 37.3 Å². The lowest BCUT2D eigenvalue weighted by molar-refractivity contribution is -0.379. The molecule has 2 aromatic rings. The van der Waals surface area contributed by atoms with Crippen LogP contribution in [0, 0.1) is 6.92 Å². The summed E-state index contributed by atoms with van der Waals surface area (Å²) in [7, 11) is -3.83. The van der Waals surface area contributed by atoms with Crippen molar-refractivity contribution in [3.05, 3.63) is 64.1 Å². The average Bonchev–Trinajstić information content (AvgIpc) is 2.67. The van der Waals surface area contributed by atoms with Crippen LogP contribution in [-0.2, 0) is 31.9 Å². The summed E-state index contributed by atoms with van der Waals surface area (Å²) in [5, 5.41) is 2.50. The summed E-state index contributed by atoms with van der Waals surface area (Å²) in [6, 6.07) is 11.4. The first kappa shape index (κ1) is 23.6. The SMILES string of the molecule is Cc1ccc(NS(=O)(=O)Cc2ccccc2)c(=O)n1CC(=O)NCCC(=O)[NH+]=C(N)N. The molecule has 12 heteroatoms. The van der Waals surface area contributed by atoms with Crippen molar-refractivity contribution in [2.45, 2.75) is 25.6 Å². The third kappa shape index (κ3) is 7.59. The molecule has 166 valence electrons. The van der Waals surface area contributed by atoms with Crippen LogP contribution in [0.25, 0.3) is 0 Å². The highest BCUT2D eigenvalue weighted by atomic mass is 32.2. The number of sulfonamides is 1.